The van der Waals surface area contributed by atoms with E-state index in [0.29, 0.717) is 11.8 Å². The van der Waals surface area contributed by atoms with Crippen LogP contribution in [0.3, 0.4) is 0 Å². The average Bonchev–Trinajstić information content (AvgIpc) is 3.03. The van der Waals surface area contributed by atoms with Gasteiger partial charge in [0.2, 0.25) is 0 Å². The summed E-state index contributed by atoms with van der Waals surface area (Å²) in [6.07, 6.45) is 5.91. The lowest BCUT2D eigenvalue weighted by molar-refractivity contribution is -0.146. The molecule has 31 heavy (non-hydrogen) atoms. The Bertz CT molecular complexity index is 872. The van der Waals surface area contributed by atoms with E-state index in [2.05, 4.69) is 55.3 Å². The first-order valence-electron chi connectivity index (χ1n) is 12.3. The van der Waals surface area contributed by atoms with Crippen molar-refractivity contribution in [2.24, 2.45) is 23.2 Å². The van der Waals surface area contributed by atoms with Crippen molar-refractivity contribution in [3.05, 3.63) is 41.5 Å². The van der Waals surface area contributed by atoms with Gasteiger partial charge >= 0.3 is 5.97 Å². The second-order valence-corrected chi connectivity index (χ2v) is 10.9. The minimum absolute atomic E-state index is 0.0385. The number of piperazine rings is 1. The molecule has 168 valence electrons. The van der Waals surface area contributed by atoms with E-state index < -0.39 is 0 Å². The highest BCUT2D eigenvalue weighted by molar-refractivity contribution is 5.75. The standard InChI is InChI=1S/C27H38N2O2/c1-18-7-5-9-24(20(18)3)29-13-11-28(12-14-29)17-22-21-15-23-19(2)8-6-10-27(23,4)16-25(21)31-26(22)30/h5,7,9,21-23,25H,2,6,8,10-17H2,1,3-4H3. The topological polar surface area (TPSA) is 32.8 Å². The van der Waals surface area contributed by atoms with Crippen molar-refractivity contribution in [3.63, 3.8) is 0 Å². The first kappa shape index (κ1) is 21.1. The number of rotatable bonds is 3. The van der Waals surface area contributed by atoms with Gasteiger partial charge in [-0.15, -0.1) is 0 Å². The van der Waals surface area contributed by atoms with Gasteiger partial charge in [0.25, 0.3) is 0 Å². The molecule has 2 heterocycles. The van der Waals surface area contributed by atoms with E-state index in [-0.39, 0.29) is 23.4 Å². The molecule has 5 atom stereocenters. The van der Waals surface area contributed by atoms with Gasteiger partial charge in [-0.2, -0.15) is 0 Å². The Hall–Kier alpha value is -1.81. The summed E-state index contributed by atoms with van der Waals surface area (Å²) in [4.78, 5) is 17.9. The van der Waals surface area contributed by atoms with E-state index in [4.69, 9.17) is 4.74 Å². The summed E-state index contributed by atoms with van der Waals surface area (Å²) in [6, 6.07) is 6.59. The summed E-state index contributed by atoms with van der Waals surface area (Å²) in [5.41, 5.74) is 5.81. The average molecular weight is 423 g/mol. The van der Waals surface area contributed by atoms with Crippen molar-refractivity contribution in [3.8, 4) is 0 Å². The summed E-state index contributed by atoms with van der Waals surface area (Å²) in [6.45, 7) is 16.2. The molecule has 1 aromatic carbocycles. The van der Waals surface area contributed by atoms with Crippen molar-refractivity contribution in [1.29, 1.82) is 0 Å². The normalized spacial score (nSPS) is 36.2. The lowest BCUT2D eigenvalue weighted by Gasteiger charge is -2.50. The molecule has 0 bridgehead atoms. The third-order valence-electron chi connectivity index (χ3n) is 9.06. The number of hydrogen-bond acceptors (Lipinski definition) is 4. The highest BCUT2D eigenvalue weighted by atomic mass is 16.6. The minimum atomic E-state index is 0.0385. The second kappa shape index (κ2) is 7.95. The third kappa shape index (κ3) is 3.71. The number of carbonyl (C=O) groups excluding carboxylic acids is 1. The van der Waals surface area contributed by atoms with E-state index in [0.717, 1.165) is 52.0 Å². The molecule has 4 fully saturated rings. The quantitative estimate of drug-likeness (QED) is 0.520. The van der Waals surface area contributed by atoms with Crippen LogP contribution in [0, 0.1) is 37.0 Å². The van der Waals surface area contributed by atoms with Crippen LogP contribution in [0.15, 0.2) is 30.4 Å². The Labute approximate surface area is 187 Å². The summed E-state index contributed by atoms with van der Waals surface area (Å²) < 4.78 is 5.98. The zero-order valence-electron chi connectivity index (χ0n) is 19.5. The smallest absolute Gasteiger partial charge is 0.310 e. The van der Waals surface area contributed by atoms with Crippen molar-refractivity contribution in [2.75, 3.05) is 37.6 Å². The number of fused-ring (bicyclic) bond motifs is 2. The molecule has 2 saturated heterocycles. The van der Waals surface area contributed by atoms with Crippen molar-refractivity contribution >= 4 is 11.7 Å². The lowest BCUT2D eigenvalue weighted by atomic mass is 9.55. The molecule has 4 nitrogen and oxygen atoms in total. The van der Waals surface area contributed by atoms with Gasteiger partial charge in [0, 0.05) is 44.3 Å². The SMILES string of the molecule is C=C1CCCC2(C)CC3OC(=O)C(CN4CCN(c5cccc(C)c5C)CC4)C3CC12. The van der Waals surface area contributed by atoms with Gasteiger partial charge in [-0.25, -0.2) is 0 Å². The van der Waals surface area contributed by atoms with E-state index in [1.54, 1.807) is 0 Å². The predicted molar refractivity (Wildman–Crippen MR) is 125 cm³/mol. The molecule has 5 rings (SSSR count). The fourth-order valence-corrected chi connectivity index (χ4v) is 6.99. The van der Waals surface area contributed by atoms with Crippen molar-refractivity contribution < 1.29 is 9.53 Å². The Morgan fingerprint density at radius 3 is 2.74 bits per heavy atom. The first-order valence-corrected chi connectivity index (χ1v) is 12.3. The number of carbonyl (C=O) groups is 1. The number of benzene rings is 1. The number of hydrogen-bond donors (Lipinski definition) is 0. The molecule has 0 aromatic heterocycles. The first-order chi connectivity index (χ1) is 14.9. The van der Waals surface area contributed by atoms with E-state index >= 15 is 0 Å². The van der Waals surface area contributed by atoms with Crippen LogP contribution in [0.4, 0.5) is 5.69 Å². The van der Waals surface area contributed by atoms with E-state index in [9.17, 15) is 4.79 Å². The van der Waals surface area contributed by atoms with Gasteiger partial charge in [0.05, 0.1) is 5.92 Å². The molecule has 0 spiro atoms. The predicted octanol–water partition coefficient (Wildman–Crippen LogP) is 4.74. The fourth-order valence-electron chi connectivity index (χ4n) is 6.99. The number of aryl methyl sites for hydroxylation is 1. The zero-order chi connectivity index (χ0) is 21.8. The Morgan fingerprint density at radius 1 is 1.19 bits per heavy atom. The monoisotopic (exact) mass is 422 g/mol. The molecule has 4 heteroatoms. The highest BCUT2D eigenvalue weighted by Gasteiger charge is 2.55. The molecule has 0 radical (unpaired) electrons. The fraction of sp³-hybridized carbons (Fsp3) is 0.667. The van der Waals surface area contributed by atoms with Crippen molar-refractivity contribution in [2.45, 2.75) is 59.0 Å². The molecule has 0 N–H and O–H groups in total. The maximum absolute atomic E-state index is 12.9. The van der Waals surface area contributed by atoms with Crippen LogP contribution in [0.25, 0.3) is 0 Å². The number of anilines is 1. The largest absolute Gasteiger partial charge is 0.462 e. The van der Waals surface area contributed by atoms with Crippen LogP contribution in [0.2, 0.25) is 0 Å². The van der Waals surface area contributed by atoms with Gasteiger partial charge in [0.15, 0.2) is 0 Å². The molecular weight excluding hydrogens is 384 g/mol. The molecular formula is C27H38N2O2. The van der Waals surface area contributed by atoms with Crippen LogP contribution in [0.1, 0.15) is 50.2 Å². The molecule has 5 unspecified atom stereocenters. The second-order valence-electron chi connectivity index (χ2n) is 10.9. The number of nitrogens with zero attached hydrogens (tertiary/aromatic N) is 2. The van der Waals surface area contributed by atoms with Crippen LogP contribution < -0.4 is 4.90 Å². The van der Waals surface area contributed by atoms with Crippen LogP contribution >= 0.6 is 0 Å². The van der Waals surface area contributed by atoms with Crippen LogP contribution in [-0.4, -0.2) is 49.7 Å². The van der Waals surface area contributed by atoms with Crippen molar-refractivity contribution in [1.82, 2.24) is 4.90 Å². The molecule has 2 aliphatic carbocycles. The number of ether oxygens (including phenoxy) is 1. The molecule has 1 aromatic rings. The van der Waals surface area contributed by atoms with Crippen LogP contribution in [-0.2, 0) is 9.53 Å². The summed E-state index contributed by atoms with van der Waals surface area (Å²) >= 11 is 0. The Kier molecular flexibility index (Phi) is 5.40. The Morgan fingerprint density at radius 2 is 1.97 bits per heavy atom. The maximum Gasteiger partial charge on any atom is 0.310 e. The third-order valence-corrected chi connectivity index (χ3v) is 9.06. The van der Waals surface area contributed by atoms with E-state index in [1.165, 1.54) is 35.2 Å². The van der Waals surface area contributed by atoms with Crippen LogP contribution in [0.5, 0.6) is 0 Å². The lowest BCUT2D eigenvalue weighted by Crippen LogP contribution is -2.50. The molecule has 2 saturated carbocycles. The van der Waals surface area contributed by atoms with Gasteiger partial charge in [-0.05, 0) is 74.5 Å². The maximum atomic E-state index is 12.9. The van der Waals surface area contributed by atoms with Gasteiger partial charge in [0.1, 0.15) is 6.10 Å². The van der Waals surface area contributed by atoms with Gasteiger partial charge < -0.3 is 9.64 Å². The summed E-state index contributed by atoms with van der Waals surface area (Å²) in [7, 11) is 0. The van der Waals surface area contributed by atoms with Gasteiger partial charge in [-0.1, -0.05) is 31.2 Å². The Balaban J connectivity index is 1.23. The van der Waals surface area contributed by atoms with E-state index in [1.807, 2.05) is 0 Å². The molecule has 2 aliphatic heterocycles. The molecule has 4 aliphatic rings. The zero-order valence-corrected chi connectivity index (χ0v) is 19.5. The number of allylic oxidation sites excluding steroid dienone is 1. The summed E-state index contributed by atoms with van der Waals surface area (Å²) in [5, 5.41) is 0. The summed E-state index contributed by atoms with van der Waals surface area (Å²) in [5.74, 6) is 1.04. The highest BCUT2D eigenvalue weighted by Crippen LogP contribution is 2.56. The van der Waals surface area contributed by atoms with Gasteiger partial charge in [-0.3, -0.25) is 9.69 Å². The number of esters is 1. The minimum Gasteiger partial charge on any atom is -0.462 e. The molecule has 0 amide bonds.